The molecule has 4 aliphatic heterocycles. The Labute approximate surface area is 554 Å². The third-order valence-electron chi connectivity index (χ3n) is 14.6. The van der Waals surface area contributed by atoms with Crippen LogP contribution in [0.25, 0.3) is 0 Å². The number of benzene rings is 3. The standard InChI is InChI=1S/C19H29N3O4.C19H26N2O6.C18H26N2O4.C12H21NO4/c1-19(2,3)26-18(24)22-12-11-21(13-15-9-7-6-8-10-15)16(14-22)17(23)20(4)25-5;1-19(2,3)27-17(23)20-10-11-21(15(12-20)16(22)25-4)18(24)26-13-14-8-6-5-7-9-14;1-18(2,3)24-17(22)20-11-10-19(15(13-20)16(21)23-4)12-14-8-6-5-7-9-14;1-12(2,3)17-11(15)13-7-5-6-9(8-13)10(14)16-4/h6-10,16H,11-14H2,1-5H3;5-9,15H,10-13H2,1-4H3;5-9,15H,10-13H2,1-4H3;9H,5-8H2,1-4H3. The number of piperidine rings is 1. The predicted molar refractivity (Wildman–Crippen MR) is 348 cm³/mol. The van der Waals surface area contributed by atoms with Crippen LogP contribution in [0, 0.1) is 5.92 Å². The lowest BCUT2D eigenvalue weighted by Gasteiger charge is -2.41. The molecule has 0 bridgehead atoms. The summed E-state index contributed by atoms with van der Waals surface area (Å²) in [6.45, 7) is 27.3. The van der Waals surface area contributed by atoms with Crippen molar-refractivity contribution in [2.24, 2.45) is 5.92 Å². The third-order valence-corrected chi connectivity index (χ3v) is 14.6. The van der Waals surface area contributed by atoms with Gasteiger partial charge in [0, 0.05) is 79.0 Å². The number of likely N-dealkylation sites (tertiary alicyclic amines) is 1. The zero-order valence-electron chi connectivity index (χ0n) is 58.2. The minimum atomic E-state index is -0.945. The van der Waals surface area contributed by atoms with Gasteiger partial charge >= 0.3 is 48.4 Å². The molecule has 3 aromatic carbocycles. The second-order valence-corrected chi connectivity index (χ2v) is 26.8. The van der Waals surface area contributed by atoms with Gasteiger partial charge in [-0.1, -0.05) is 91.0 Å². The van der Waals surface area contributed by atoms with Gasteiger partial charge in [-0.2, -0.15) is 0 Å². The van der Waals surface area contributed by atoms with Gasteiger partial charge in [-0.05, 0) is 113 Å². The lowest BCUT2D eigenvalue weighted by atomic mass is 9.99. The van der Waals surface area contributed by atoms with Crippen LogP contribution in [0.1, 0.15) is 113 Å². The summed E-state index contributed by atoms with van der Waals surface area (Å²) in [5.41, 5.74) is 0.806. The highest BCUT2D eigenvalue weighted by atomic mass is 16.7. The first-order chi connectivity index (χ1) is 44.0. The quantitative estimate of drug-likeness (QED) is 0.0987. The Balaban J connectivity index is 0.000000270. The molecule has 94 heavy (non-hydrogen) atoms. The van der Waals surface area contributed by atoms with E-state index in [9.17, 15) is 43.2 Å². The van der Waals surface area contributed by atoms with Crippen LogP contribution in [0.3, 0.4) is 0 Å². The number of carbonyl (C=O) groups is 9. The smallest absolute Gasteiger partial charge is 0.410 e. The molecular formula is C68H102N8O18. The van der Waals surface area contributed by atoms with E-state index >= 15 is 0 Å². The van der Waals surface area contributed by atoms with Crippen molar-refractivity contribution in [2.75, 3.05) is 107 Å². The summed E-state index contributed by atoms with van der Waals surface area (Å²) in [6, 6.07) is 27.2. The topological polar surface area (TPSA) is 263 Å². The molecule has 7 rings (SSSR count). The molecule has 4 aliphatic rings. The highest BCUT2D eigenvalue weighted by molar-refractivity contribution is 5.84. The van der Waals surface area contributed by atoms with Crippen LogP contribution >= 0.6 is 0 Å². The molecule has 4 heterocycles. The number of amides is 6. The Morgan fingerprint density at radius 2 is 0.766 bits per heavy atom. The van der Waals surface area contributed by atoms with Crippen molar-refractivity contribution in [3.05, 3.63) is 108 Å². The van der Waals surface area contributed by atoms with Gasteiger partial charge in [-0.15, -0.1) is 0 Å². The molecule has 0 saturated carbocycles. The number of hydroxylamine groups is 2. The number of likely N-dealkylation sites (N-methyl/N-ethyl adjacent to an activating group) is 1. The fraction of sp³-hybridized carbons (Fsp3) is 0.603. The molecule has 4 saturated heterocycles. The van der Waals surface area contributed by atoms with Crippen molar-refractivity contribution in [1.82, 2.24) is 39.4 Å². The molecule has 0 spiro atoms. The Morgan fingerprint density at radius 3 is 1.16 bits per heavy atom. The number of nitrogens with zero attached hydrogens (tertiary/aromatic N) is 8. The van der Waals surface area contributed by atoms with Gasteiger partial charge < -0.3 is 57.5 Å². The maximum absolute atomic E-state index is 12.8. The van der Waals surface area contributed by atoms with Crippen LogP contribution in [-0.4, -0.2) is 242 Å². The molecule has 3 aromatic rings. The highest BCUT2D eigenvalue weighted by Gasteiger charge is 2.42. The van der Waals surface area contributed by atoms with Crippen molar-refractivity contribution < 1.29 is 85.9 Å². The van der Waals surface area contributed by atoms with E-state index in [2.05, 4.69) is 4.90 Å². The van der Waals surface area contributed by atoms with E-state index in [0.717, 1.165) is 29.5 Å². The summed E-state index contributed by atoms with van der Waals surface area (Å²) in [6.07, 6.45) is -0.728. The Hall–Kier alpha value is -8.23. The minimum absolute atomic E-state index is 0.0119. The van der Waals surface area contributed by atoms with E-state index in [1.54, 1.807) is 42.5 Å². The summed E-state index contributed by atoms with van der Waals surface area (Å²) >= 11 is 0. The average Bonchev–Trinajstić information content (AvgIpc) is 0.863. The number of methoxy groups -OCH3 is 3. The first-order valence-corrected chi connectivity index (χ1v) is 31.6. The lowest BCUT2D eigenvalue weighted by molar-refractivity contribution is -0.177. The molecule has 4 unspecified atom stereocenters. The molecule has 26 nitrogen and oxygen atoms in total. The Bertz CT molecular complexity index is 2910. The van der Waals surface area contributed by atoms with E-state index in [4.69, 9.17) is 42.7 Å². The summed E-state index contributed by atoms with van der Waals surface area (Å²) < 4.78 is 41.2. The normalized spacial score (nSPS) is 18.7. The van der Waals surface area contributed by atoms with Crippen molar-refractivity contribution >= 4 is 54.3 Å². The summed E-state index contributed by atoms with van der Waals surface area (Å²) in [5, 5.41) is 1.21. The Morgan fingerprint density at radius 1 is 0.415 bits per heavy atom. The number of piperazine rings is 3. The molecule has 4 fully saturated rings. The van der Waals surface area contributed by atoms with Crippen LogP contribution in [-0.2, 0) is 81.6 Å². The predicted octanol–water partition coefficient (Wildman–Crippen LogP) is 8.63. The van der Waals surface area contributed by atoms with E-state index in [0.29, 0.717) is 52.4 Å². The van der Waals surface area contributed by atoms with Gasteiger partial charge in [0.1, 0.15) is 41.1 Å². The van der Waals surface area contributed by atoms with Gasteiger partial charge in [0.25, 0.3) is 5.91 Å². The molecule has 0 aromatic heterocycles. The fourth-order valence-corrected chi connectivity index (χ4v) is 10.00. The molecule has 0 N–H and O–H groups in total. The van der Waals surface area contributed by atoms with Crippen molar-refractivity contribution in [2.45, 2.75) is 156 Å². The first-order valence-electron chi connectivity index (χ1n) is 31.6. The average molecular weight is 1320 g/mol. The molecule has 0 radical (unpaired) electrons. The zero-order chi connectivity index (χ0) is 70.1. The van der Waals surface area contributed by atoms with Gasteiger partial charge in [0.15, 0.2) is 6.04 Å². The summed E-state index contributed by atoms with van der Waals surface area (Å²) in [7, 11) is 7.01. The number of hydrogen-bond donors (Lipinski definition) is 0. The molecular weight excluding hydrogens is 1220 g/mol. The largest absolute Gasteiger partial charge is 0.469 e. The maximum atomic E-state index is 12.8. The highest BCUT2D eigenvalue weighted by Crippen LogP contribution is 2.24. The number of hydrogen-bond acceptors (Lipinski definition) is 20. The zero-order valence-corrected chi connectivity index (χ0v) is 58.2. The van der Waals surface area contributed by atoms with Gasteiger partial charge in [-0.25, -0.2) is 33.8 Å². The minimum Gasteiger partial charge on any atom is -0.469 e. The van der Waals surface area contributed by atoms with Crippen LogP contribution in [0.15, 0.2) is 91.0 Å². The summed E-state index contributed by atoms with van der Waals surface area (Å²) in [4.78, 5) is 126. The van der Waals surface area contributed by atoms with E-state index in [1.807, 2.05) is 158 Å². The maximum Gasteiger partial charge on any atom is 0.410 e. The molecule has 0 aliphatic carbocycles. The van der Waals surface area contributed by atoms with E-state index in [1.165, 1.54) is 43.3 Å². The van der Waals surface area contributed by atoms with Gasteiger partial charge in [-0.3, -0.25) is 33.9 Å². The second-order valence-electron chi connectivity index (χ2n) is 26.8. The third kappa shape index (κ3) is 27.0. The van der Waals surface area contributed by atoms with Crippen molar-refractivity contribution in [1.29, 1.82) is 0 Å². The summed E-state index contributed by atoms with van der Waals surface area (Å²) in [5.74, 6) is -1.60. The van der Waals surface area contributed by atoms with Crippen LogP contribution in [0.5, 0.6) is 0 Å². The van der Waals surface area contributed by atoms with Crippen LogP contribution in [0.2, 0.25) is 0 Å². The number of rotatable bonds is 11. The van der Waals surface area contributed by atoms with Crippen LogP contribution in [0.4, 0.5) is 24.0 Å². The second kappa shape index (κ2) is 36.4. The van der Waals surface area contributed by atoms with E-state index in [-0.39, 0.29) is 69.2 Å². The first kappa shape index (κ1) is 78.2. The SMILES string of the molecule is COC(=O)C1CCCN(C(=O)OC(C)(C)C)C1.COC(=O)C1CN(C(=O)OC(C)(C)C)CCN1C(=O)OCc1ccccc1.COC(=O)C1CN(C(=O)OC(C)(C)C)CCN1Cc1ccccc1.CON(C)C(=O)C1CN(C(=O)OC(C)(C)C)CCN1Cc1ccccc1. The van der Waals surface area contributed by atoms with E-state index < -0.39 is 70.9 Å². The molecule has 4 atom stereocenters. The Kier molecular flexibility index (Phi) is 30.3. The fourth-order valence-electron chi connectivity index (χ4n) is 10.00. The van der Waals surface area contributed by atoms with Crippen LogP contribution < -0.4 is 0 Å². The lowest BCUT2D eigenvalue weighted by Crippen LogP contribution is -2.60. The van der Waals surface area contributed by atoms with Crippen molar-refractivity contribution in [3.8, 4) is 0 Å². The molecule has 26 heteroatoms. The number of ether oxygens (including phenoxy) is 8. The molecule has 522 valence electrons. The van der Waals surface area contributed by atoms with Gasteiger partial charge in [0.2, 0.25) is 0 Å². The number of carbonyl (C=O) groups excluding carboxylic acids is 9. The number of esters is 3. The molecule has 6 amide bonds. The van der Waals surface area contributed by atoms with Crippen molar-refractivity contribution in [3.63, 3.8) is 0 Å². The van der Waals surface area contributed by atoms with Gasteiger partial charge in [0.05, 0.1) is 47.4 Å². The monoisotopic (exact) mass is 1320 g/mol.